The first-order valence-corrected chi connectivity index (χ1v) is 9.68. The van der Waals surface area contributed by atoms with Crippen LogP contribution in [-0.4, -0.2) is 38.3 Å². The molecule has 0 radical (unpaired) electrons. The molecule has 3 heterocycles. The maximum Gasteiger partial charge on any atom is 0.328 e. The van der Waals surface area contributed by atoms with Gasteiger partial charge in [0, 0.05) is 28.6 Å². The zero-order valence-corrected chi connectivity index (χ0v) is 16.3. The summed E-state index contributed by atoms with van der Waals surface area (Å²) in [5.74, 6) is -0.102. The van der Waals surface area contributed by atoms with Crippen LogP contribution in [0.5, 0.6) is 0 Å². The summed E-state index contributed by atoms with van der Waals surface area (Å²) in [4.78, 5) is 33.5. The second-order valence-electron chi connectivity index (χ2n) is 8.63. The average Bonchev–Trinajstić information content (AvgIpc) is 3.16. The molecule has 2 unspecified atom stereocenters. The van der Waals surface area contributed by atoms with Crippen molar-refractivity contribution >= 4 is 22.8 Å². The molecular weight excluding hydrogens is 350 g/mol. The molecule has 2 atom stereocenters. The summed E-state index contributed by atoms with van der Waals surface area (Å²) in [6, 6.07) is 17.2. The van der Waals surface area contributed by atoms with Crippen LogP contribution in [0.25, 0.3) is 10.9 Å². The van der Waals surface area contributed by atoms with Crippen LogP contribution in [0.1, 0.15) is 43.6 Å². The summed E-state index contributed by atoms with van der Waals surface area (Å²) in [5, 5.41) is 1.13. The van der Waals surface area contributed by atoms with Crippen LogP contribution in [0.2, 0.25) is 0 Å². The number of urea groups is 1. The van der Waals surface area contributed by atoms with E-state index in [1.165, 1.54) is 4.90 Å². The van der Waals surface area contributed by atoms with Crippen molar-refractivity contribution in [1.82, 2.24) is 14.8 Å². The molecule has 3 amide bonds. The van der Waals surface area contributed by atoms with E-state index in [4.69, 9.17) is 0 Å². The van der Waals surface area contributed by atoms with Crippen molar-refractivity contribution < 1.29 is 9.59 Å². The van der Waals surface area contributed by atoms with Crippen molar-refractivity contribution in [2.75, 3.05) is 0 Å². The molecule has 5 rings (SSSR count). The molecule has 2 aliphatic heterocycles. The van der Waals surface area contributed by atoms with Gasteiger partial charge in [-0.05, 0) is 38.0 Å². The van der Waals surface area contributed by atoms with Gasteiger partial charge in [-0.3, -0.25) is 14.6 Å². The van der Waals surface area contributed by atoms with E-state index in [2.05, 4.69) is 11.1 Å². The van der Waals surface area contributed by atoms with Crippen molar-refractivity contribution in [3.8, 4) is 0 Å². The summed E-state index contributed by atoms with van der Waals surface area (Å²) < 4.78 is 0. The molecule has 28 heavy (non-hydrogen) atoms. The number of rotatable bonds is 1. The maximum atomic E-state index is 13.4. The first-order valence-electron chi connectivity index (χ1n) is 9.68. The largest absolute Gasteiger partial charge is 0.356 e. The number of benzene rings is 2. The van der Waals surface area contributed by atoms with Gasteiger partial charge >= 0.3 is 6.03 Å². The number of hydrogen-bond acceptors (Lipinski definition) is 2. The number of aromatic amines is 1. The van der Waals surface area contributed by atoms with Crippen molar-refractivity contribution in [2.45, 2.75) is 44.8 Å². The number of imide groups is 1. The van der Waals surface area contributed by atoms with Crippen molar-refractivity contribution in [1.29, 1.82) is 0 Å². The second kappa shape index (κ2) is 5.71. The Morgan fingerprint density at radius 2 is 1.64 bits per heavy atom. The zero-order chi connectivity index (χ0) is 19.6. The third kappa shape index (κ3) is 2.25. The number of aromatic nitrogens is 1. The molecule has 1 aromatic heterocycles. The molecule has 1 saturated heterocycles. The normalized spacial score (nSPS) is 22.0. The van der Waals surface area contributed by atoms with Gasteiger partial charge in [0.05, 0.1) is 0 Å². The molecule has 2 aliphatic rings. The van der Waals surface area contributed by atoms with E-state index in [-0.39, 0.29) is 18.0 Å². The molecule has 2 aromatic carbocycles. The Balaban J connectivity index is 1.75. The minimum atomic E-state index is -0.553. The van der Waals surface area contributed by atoms with Gasteiger partial charge in [-0.2, -0.15) is 0 Å². The van der Waals surface area contributed by atoms with Gasteiger partial charge in [0.25, 0.3) is 5.91 Å². The van der Waals surface area contributed by atoms with Gasteiger partial charge in [-0.15, -0.1) is 0 Å². The van der Waals surface area contributed by atoms with Crippen LogP contribution in [-0.2, 0) is 11.2 Å². The molecular formula is C23H23N3O2. The van der Waals surface area contributed by atoms with Crippen LogP contribution in [0.3, 0.4) is 0 Å². The molecule has 1 fully saturated rings. The van der Waals surface area contributed by atoms with Crippen LogP contribution in [0.4, 0.5) is 4.79 Å². The highest BCUT2D eigenvalue weighted by atomic mass is 16.2. The van der Waals surface area contributed by atoms with Gasteiger partial charge in [-0.1, -0.05) is 48.5 Å². The van der Waals surface area contributed by atoms with Crippen molar-refractivity contribution in [2.24, 2.45) is 0 Å². The van der Waals surface area contributed by atoms with E-state index in [0.717, 1.165) is 27.7 Å². The molecule has 1 N–H and O–H groups in total. The third-order valence-corrected chi connectivity index (χ3v) is 5.84. The summed E-state index contributed by atoms with van der Waals surface area (Å²) in [6.07, 6.45) is 0.542. The van der Waals surface area contributed by atoms with E-state index in [9.17, 15) is 9.59 Å². The number of carbonyl (C=O) groups is 2. The lowest BCUT2D eigenvalue weighted by molar-refractivity contribution is -0.131. The summed E-state index contributed by atoms with van der Waals surface area (Å²) in [6.45, 7) is 5.73. The van der Waals surface area contributed by atoms with Gasteiger partial charge in [0.2, 0.25) is 0 Å². The predicted molar refractivity (Wildman–Crippen MR) is 108 cm³/mol. The third-order valence-electron chi connectivity index (χ3n) is 5.84. The van der Waals surface area contributed by atoms with Gasteiger partial charge < -0.3 is 4.98 Å². The summed E-state index contributed by atoms with van der Waals surface area (Å²) >= 11 is 0. The molecule has 142 valence electrons. The lowest BCUT2D eigenvalue weighted by Gasteiger charge is -2.36. The molecule has 0 spiro atoms. The highest BCUT2D eigenvalue weighted by Crippen LogP contribution is 2.45. The number of fused-ring (bicyclic) bond motifs is 4. The fraction of sp³-hybridized carbons (Fsp3) is 0.304. The summed E-state index contributed by atoms with van der Waals surface area (Å²) in [5.41, 5.74) is 3.66. The summed E-state index contributed by atoms with van der Waals surface area (Å²) in [7, 11) is 0. The van der Waals surface area contributed by atoms with Crippen LogP contribution < -0.4 is 0 Å². The van der Waals surface area contributed by atoms with Crippen LogP contribution in [0, 0.1) is 0 Å². The van der Waals surface area contributed by atoms with Crippen LogP contribution >= 0.6 is 0 Å². The van der Waals surface area contributed by atoms with E-state index in [0.29, 0.717) is 6.42 Å². The van der Waals surface area contributed by atoms with Crippen molar-refractivity contribution in [3.63, 3.8) is 0 Å². The molecule has 5 heteroatoms. The fourth-order valence-electron chi connectivity index (χ4n) is 4.67. The number of nitrogens with one attached hydrogen (secondary N) is 1. The predicted octanol–water partition coefficient (Wildman–Crippen LogP) is 4.24. The quantitative estimate of drug-likeness (QED) is 0.649. The number of para-hydroxylation sites is 1. The standard InChI is InChI=1S/C23H23N3O2/c1-23(2,3)26-21(27)18-13-16-15-11-7-8-12-17(15)24-19(16)20(25(18)22(26)28)14-9-5-4-6-10-14/h4-12,18,20,24H,13H2,1-3H3. The molecule has 0 saturated carbocycles. The molecule has 0 aliphatic carbocycles. The fourth-order valence-corrected chi connectivity index (χ4v) is 4.67. The number of H-pyrrole nitrogens is 1. The van der Waals surface area contributed by atoms with Gasteiger partial charge in [-0.25, -0.2) is 4.79 Å². The average molecular weight is 373 g/mol. The topological polar surface area (TPSA) is 56.4 Å². The highest BCUT2D eigenvalue weighted by Gasteiger charge is 2.55. The van der Waals surface area contributed by atoms with E-state index >= 15 is 0 Å². The lowest BCUT2D eigenvalue weighted by atomic mass is 9.89. The smallest absolute Gasteiger partial charge is 0.328 e. The maximum absolute atomic E-state index is 13.4. The Kier molecular flexibility index (Phi) is 3.48. The molecule has 0 bridgehead atoms. The SMILES string of the molecule is CC(C)(C)N1C(=O)C2Cc3c([nH]c4ccccc34)C(c3ccccc3)N2C1=O. The Morgan fingerprint density at radius 1 is 0.964 bits per heavy atom. The minimum Gasteiger partial charge on any atom is -0.356 e. The van der Waals surface area contributed by atoms with Gasteiger partial charge in [0.15, 0.2) is 0 Å². The number of carbonyl (C=O) groups excluding carboxylic acids is 2. The Labute approximate surface area is 163 Å². The second-order valence-corrected chi connectivity index (χ2v) is 8.63. The van der Waals surface area contributed by atoms with Gasteiger partial charge in [0.1, 0.15) is 12.1 Å². The minimum absolute atomic E-state index is 0.102. The Morgan fingerprint density at radius 3 is 2.36 bits per heavy atom. The first-order chi connectivity index (χ1) is 13.4. The zero-order valence-electron chi connectivity index (χ0n) is 16.3. The van der Waals surface area contributed by atoms with E-state index < -0.39 is 11.6 Å². The highest BCUT2D eigenvalue weighted by molar-refractivity contribution is 6.06. The van der Waals surface area contributed by atoms with Crippen LogP contribution in [0.15, 0.2) is 54.6 Å². The lowest BCUT2D eigenvalue weighted by Crippen LogP contribution is -2.46. The van der Waals surface area contributed by atoms with E-state index in [1.54, 1.807) is 4.90 Å². The Hall–Kier alpha value is -3.08. The monoisotopic (exact) mass is 373 g/mol. The molecule has 3 aromatic rings. The first kappa shape index (κ1) is 17.0. The number of amides is 3. The molecule has 5 nitrogen and oxygen atoms in total. The Bertz CT molecular complexity index is 1090. The van der Waals surface area contributed by atoms with Crippen molar-refractivity contribution in [3.05, 3.63) is 71.4 Å². The van der Waals surface area contributed by atoms with E-state index in [1.807, 2.05) is 69.3 Å². The number of nitrogens with zero attached hydrogens (tertiary/aromatic N) is 2. The number of hydrogen-bond donors (Lipinski definition) is 1.